The molecule has 1 aromatic rings. The number of pyridine rings is 1. The van der Waals surface area contributed by atoms with E-state index in [1.54, 1.807) is 0 Å². The van der Waals surface area contributed by atoms with E-state index in [-0.39, 0.29) is 0 Å². The highest BCUT2D eigenvalue weighted by Gasteiger charge is 2.35. The summed E-state index contributed by atoms with van der Waals surface area (Å²) in [5.74, 6) is 0.856. The average molecular weight is 290 g/mol. The number of thiocarbonyl (C=S) groups is 1. The second kappa shape index (κ2) is 5.66. The van der Waals surface area contributed by atoms with Crippen LogP contribution in [0.25, 0.3) is 0 Å². The highest BCUT2D eigenvalue weighted by molar-refractivity contribution is 7.80. The predicted octanol–water partition coefficient (Wildman–Crippen LogP) is 2.06. The molecule has 0 radical (unpaired) electrons. The van der Waals surface area contributed by atoms with Crippen molar-refractivity contribution in [2.24, 2.45) is 5.73 Å². The number of nitrogens with two attached hydrogens (primary N) is 1. The van der Waals surface area contributed by atoms with Gasteiger partial charge in [-0.3, -0.25) is 4.90 Å². The Hall–Kier alpha value is -1.20. The third kappa shape index (κ3) is 2.65. The molecule has 108 valence electrons. The van der Waals surface area contributed by atoms with Crippen LogP contribution in [-0.2, 0) is 0 Å². The Morgan fingerprint density at radius 3 is 3.00 bits per heavy atom. The van der Waals surface area contributed by atoms with Gasteiger partial charge in [0.1, 0.15) is 10.8 Å². The Morgan fingerprint density at radius 1 is 1.35 bits per heavy atom. The summed E-state index contributed by atoms with van der Waals surface area (Å²) in [4.78, 5) is 7.62. The number of aryl methyl sites for hydroxylation is 1. The second-order valence-corrected chi connectivity index (χ2v) is 6.29. The smallest absolute Gasteiger partial charge is 0.136 e. The fourth-order valence-electron chi connectivity index (χ4n) is 3.46. The van der Waals surface area contributed by atoms with Gasteiger partial charge in [0.2, 0.25) is 0 Å². The van der Waals surface area contributed by atoms with Crippen molar-refractivity contribution in [1.82, 2.24) is 9.88 Å². The molecule has 20 heavy (non-hydrogen) atoms. The molecule has 0 aliphatic carbocycles. The fraction of sp³-hybridized carbons (Fsp3) is 0.600. The van der Waals surface area contributed by atoms with Crippen molar-refractivity contribution in [2.45, 2.75) is 44.7 Å². The van der Waals surface area contributed by atoms with Crippen LogP contribution in [0.1, 0.15) is 36.9 Å². The third-order valence-electron chi connectivity index (χ3n) is 4.48. The summed E-state index contributed by atoms with van der Waals surface area (Å²) < 4.78 is 0. The Morgan fingerprint density at radius 2 is 2.20 bits per heavy atom. The first-order valence-electron chi connectivity index (χ1n) is 7.43. The molecule has 2 aliphatic rings. The van der Waals surface area contributed by atoms with Crippen LogP contribution in [0.5, 0.6) is 0 Å². The van der Waals surface area contributed by atoms with Crippen LogP contribution in [0.15, 0.2) is 12.1 Å². The first kappa shape index (κ1) is 13.8. The van der Waals surface area contributed by atoms with Gasteiger partial charge in [0.25, 0.3) is 0 Å². The van der Waals surface area contributed by atoms with E-state index in [1.165, 1.54) is 38.8 Å². The van der Waals surface area contributed by atoms with E-state index in [9.17, 15) is 0 Å². The lowest BCUT2D eigenvalue weighted by Crippen LogP contribution is -2.42. The number of hydrogen-bond acceptors (Lipinski definition) is 4. The van der Waals surface area contributed by atoms with Crippen LogP contribution in [0.4, 0.5) is 5.82 Å². The molecule has 3 N–H and O–H groups in total. The van der Waals surface area contributed by atoms with Crippen molar-refractivity contribution in [3.05, 3.63) is 23.4 Å². The van der Waals surface area contributed by atoms with Crippen LogP contribution in [0, 0.1) is 6.92 Å². The second-order valence-electron chi connectivity index (χ2n) is 5.85. The minimum atomic E-state index is 0.415. The van der Waals surface area contributed by atoms with Crippen LogP contribution in [0.2, 0.25) is 0 Å². The number of piperidine rings is 1. The molecule has 0 aromatic carbocycles. The molecule has 0 spiro atoms. The molecule has 2 saturated heterocycles. The Kier molecular flexibility index (Phi) is 3.89. The number of rotatable bonds is 3. The lowest BCUT2D eigenvalue weighted by Gasteiger charge is -2.33. The van der Waals surface area contributed by atoms with Gasteiger partial charge in [0.15, 0.2) is 0 Å². The molecule has 3 heterocycles. The van der Waals surface area contributed by atoms with Crippen molar-refractivity contribution in [3.63, 3.8) is 0 Å². The van der Waals surface area contributed by atoms with Crippen LogP contribution >= 0.6 is 12.2 Å². The number of anilines is 1. The van der Waals surface area contributed by atoms with Crippen molar-refractivity contribution in [2.75, 3.05) is 18.4 Å². The zero-order valence-corrected chi connectivity index (χ0v) is 12.7. The van der Waals surface area contributed by atoms with E-state index in [0.29, 0.717) is 17.1 Å². The fourth-order valence-corrected chi connectivity index (χ4v) is 3.62. The zero-order valence-electron chi connectivity index (χ0n) is 11.9. The van der Waals surface area contributed by atoms with Crippen LogP contribution in [-0.4, -0.2) is 40.0 Å². The van der Waals surface area contributed by atoms with Crippen molar-refractivity contribution >= 4 is 23.0 Å². The molecule has 0 saturated carbocycles. The molecule has 4 nitrogen and oxygen atoms in total. The number of fused-ring (bicyclic) bond motifs is 1. The predicted molar refractivity (Wildman–Crippen MR) is 86.1 cm³/mol. The van der Waals surface area contributed by atoms with Gasteiger partial charge < -0.3 is 11.1 Å². The summed E-state index contributed by atoms with van der Waals surface area (Å²) in [6.45, 7) is 4.43. The van der Waals surface area contributed by atoms with E-state index >= 15 is 0 Å². The van der Waals surface area contributed by atoms with Gasteiger partial charge in [-0.1, -0.05) is 18.6 Å². The molecular formula is C15H22N4S. The van der Waals surface area contributed by atoms with Crippen LogP contribution < -0.4 is 11.1 Å². The maximum Gasteiger partial charge on any atom is 0.136 e. The van der Waals surface area contributed by atoms with Gasteiger partial charge in [-0.05, 0) is 44.9 Å². The summed E-state index contributed by atoms with van der Waals surface area (Å²) in [6, 6.07) is 5.05. The highest BCUT2D eigenvalue weighted by Crippen LogP contribution is 2.29. The number of nitrogens with one attached hydrogen (secondary N) is 1. The van der Waals surface area contributed by atoms with Gasteiger partial charge in [0, 0.05) is 24.3 Å². The Balaban J connectivity index is 1.80. The van der Waals surface area contributed by atoms with E-state index in [2.05, 4.69) is 15.2 Å². The monoisotopic (exact) mass is 290 g/mol. The van der Waals surface area contributed by atoms with Gasteiger partial charge in [0.05, 0.1) is 5.56 Å². The summed E-state index contributed by atoms with van der Waals surface area (Å²) in [6.07, 6.45) is 5.13. The third-order valence-corrected chi connectivity index (χ3v) is 4.70. The van der Waals surface area contributed by atoms with Gasteiger partial charge in [-0.25, -0.2) is 4.98 Å². The van der Waals surface area contributed by atoms with E-state index < -0.39 is 0 Å². The number of hydrogen-bond donors (Lipinski definition) is 2. The minimum absolute atomic E-state index is 0.415. The molecule has 2 aliphatic heterocycles. The molecular weight excluding hydrogens is 268 g/mol. The SMILES string of the molecule is Cc1ccc(C(N)=S)c(NC2CCN3CCCCC23)n1. The molecule has 2 unspecified atom stereocenters. The lowest BCUT2D eigenvalue weighted by atomic mass is 9.99. The summed E-state index contributed by atoms with van der Waals surface area (Å²) in [5.41, 5.74) is 7.66. The van der Waals surface area contributed by atoms with E-state index in [0.717, 1.165) is 17.1 Å². The molecule has 0 bridgehead atoms. The van der Waals surface area contributed by atoms with Crippen molar-refractivity contribution < 1.29 is 0 Å². The topological polar surface area (TPSA) is 54.2 Å². The van der Waals surface area contributed by atoms with E-state index in [1.807, 2.05) is 19.1 Å². The summed E-state index contributed by atoms with van der Waals surface area (Å²) in [7, 11) is 0. The van der Waals surface area contributed by atoms with Crippen molar-refractivity contribution in [1.29, 1.82) is 0 Å². The largest absolute Gasteiger partial charge is 0.389 e. The molecule has 2 fully saturated rings. The maximum absolute atomic E-state index is 5.81. The lowest BCUT2D eigenvalue weighted by molar-refractivity contribution is 0.192. The van der Waals surface area contributed by atoms with Gasteiger partial charge >= 0.3 is 0 Å². The number of aromatic nitrogens is 1. The molecule has 5 heteroatoms. The Labute approximate surface area is 125 Å². The number of nitrogens with zero attached hydrogens (tertiary/aromatic N) is 2. The normalized spacial score (nSPS) is 26.2. The summed E-state index contributed by atoms with van der Waals surface area (Å²) >= 11 is 5.14. The first-order chi connectivity index (χ1) is 9.65. The van der Waals surface area contributed by atoms with Gasteiger partial charge in [-0.15, -0.1) is 0 Å². The zero-order chi connectivity index (χ0) is 14.1. The molecule has 3 rings (SSSR count). The molecule has 0 amide bonds. The Bertz CT molecular complexity index is 517. The van der Waals surface area contributed by atoms with E-state index in [4.69, 9.17) is 18.0 Å². The molecule has 1 aromatic heterocycles. The average Bonchev–Trinajstić information content (AvgIpc) is 2.82. The standard InChI is InChI=1S/C15H22N4S/c1-10-5-6-11(14(16)20)15(17-10)18-12-7-9-19-8-3-2-4-13(12)19/h5-6,12-13H,2-4,7-9H2,1H3,(H2,16,20)(H,17,18). The molecule has 2 atom stereocenters. The van der Waals surface area contributed by atoms with Crippen LogP contribution in [0.3, 0.4) is 0 Å². The maximum atomic E-state index is 5.81. The summed E-state index contributed by atoms with van der Waals surface area (Å²) in [5, 5.41) is 3.61. The van der Waals surface area contributed by atoms with Gasteiger partial charge in [-0.2, -0.15) is 0 Å². The quantitative estimate of drug-likeness (QED) is 0.835. The highest BCUT2D eigenvalue weighted by atomic mass is 32.1. The first-order valence-corrected chi connectivity index (χ1v) is 7.84. The van der Waals surface area contributed by atoms with Crippen molar-refractivity contribution in [3.8, 4) is 0 Å². The minimum Gasteiger partial charge on any atom is -0.389 e.